The van der Waals surface area contributed by atoms with Crippen LogP contribution in [0.4, 0.5) is 9.18 Å². The van der Waals surface area contributed by atoms with Crippen molar-refractivity contribution in [1.82, 2.24) is 5.32 Å². The average molecular weight is 456 g/mol. The second-order valence-electron chi connectivity index (χ2n) is 9.72. The highest BCUT2D eigenvalue weighted by Gasteiger charge is 2.29. The van der Waals surface area contributed by atoms with Gasteiger partial charge in [-0.15, -0.1) is 0 Å². The third-order valence-corrected chi connectivity index (χ3v) is 5.64. The summed E-state index contributed by atoms with van der Waals surface area (Å²) in [6, 6.07) is 8.89. The Balaban J connectivity index is 2.06. The number of amides is 1. The van der Waals surface area contributed by atoms with Gasteiger partial charge in [0.1, 0.15) is 11.4 Å². The summed E-state index contributed by atoms with van der Waals surface area (Å²) < 4.78 is 25.9. The van der Waals surface area contributed by atoms with E-state index in [9.17, 15) is 9.59 Å². The molecule has 3 rings (SSSR count). The SMILES string of the molecule is CCOC(=O)CC(NC(=O)OC(C)(C)C)c1cc(-c2c(C)cccc2C2CC2)cc(C)c1F. The minimum atomic E-state index is -0.925. The number of carbonyl (C=O) groups is 2. The van der Waals surface area contributed by atoms with Gasteiger partial charge in [0.15, 0.2) is 0 Å². The van der Waals surface area contributed by atoms with Gasteiger partial charge in [-0.2, -0.15) is 0 Å². The van der Waals surface area contributed by atoms with Crippen molar-refractivity contribution in [3.8, 4) is 11.1 Å². The first-order valence-corrected chi connectivity index (χ1v) is 11.5. The molecule has 0 spiro atoms. The monoisotopic (exact) mass is 455 g/mol. The van der Waals surface area contributed by atoms with Crippen LogP contribution >= 0.6 is 0 Å². The number of rotatable bonds is 7. The molecule has 178 valence electrons. The van der Waals surface area contributed by atoms with Crippen molar-refractivity contribution in [2.24, 2.45) is 0 Å². The molecule has 5 nitrogen and oxygen atoms in total. The zero-order chi connectivity index (χ0) is 24.3. The van der Waals surface area contributed by atoms with E-state index in [4.69, 9.17) is 9.47 Å². The summed E-state index contributed by atoms with van der Waals surface area (Å²) >= 11 is 0. The maximum atomic E-state index is 15.4. The molecule has 0 saturated heterocycles. The van der Waals surface area contributed by atoms with E-state index in [0.717, 1.165) is 29.5 Å². The predicted octanol–water partition coefficient (Wildman–Crippen LogP) is 6.51. The van der Waals surface area contributed by atoms with Crippen molar-refractivity contribution >= 4 is 12.1 Å². The Morgan fingerprint density at radius 2 is 1.85 bits per heavy atom. The molecule has 0 aromatic heterocycles. The number of esters is 1. The normalized spacial score (nSPS) is 14.5. The van der Waals surface area contributed by atoms with Crippen LogP contribution in [0.1, 0.15) is 81.2 Å². The van der Waals surface area contributed by atoms with E-state index in [1.165, 1.54) is 5.56 Å². The number of aryl methyl sites for hydroxylation is 2. The summed E-state index contributed by atoms with van der Waals surface area (Å²) in [6.07, 6.45) is 1.38. The number of carbonyl (C=O) groups excluding carboxylic acids is 2. The molecular weight excluding hydrogens is 421 g/mol. The van der Waals surface area contributed by atoms with Gasteiger partial charge >= 0.3 is 12.1 Å². The molecule has 1 fully saturated rings. The van der Waals surface area contributed by atoms with Gasteiger partial charge in [0.05, 0.1) is 19.1 Å². The van der Waals surface area contributed by atoms with Gasteiger partial charge in [-0.25, -0.2) is 9.18 Å². The number of alkyl carbamates (subject to hydrolysis) is 1. The topological polar surface area (TPSA) is 64.6 Å². The molecule has 1 amide bonds. The average Bonchev–Trinajstić information content (AvgIpc) is 3.53. The van der Waals surface area contributed by atoms with Crippen LogP contribution in [-0.4, -0.2) is 24.3 Å². The van der Waals surface area contributed by atoms with Crippen molar-refractivity contribution < 1.29 is 23.5 Å². The number of benzene rings is 2. The van der Waals surface area contributed by atoms with E-state index in [1.54, 1.807) is 40.7 Å². The summed E-state index contributed by atoms with van der Waals surface area (Å²) in [7, 11) is 0. The van der Waals surface area contributed by atoms with E-state index in [-0.39, 0.29) is 18.6 Å². The maximum Gasteiger partial charge on any atom is 0.408 e. The summed E-state index contributed by atoms with van der Waals surface area (Å²) in [6.45, 7) is 10.9. The first-order valence-electron chi connectivity index (χ1n) is 11.5. The summed E-state index contributed by atoms with van der Waals surface area (Å²) in [5.74, 6) is -0.454. The Labute approximate surface area is 195 Å². The summed E-state index contributed by atoms with van der Waals surface area (Å²) in [4.78, 5) is 24.8. The van der Waals surface area contributed by atoms with E-state index >= 15 is 4.39 Å². The van der Waals surface area contributed by atoms with Crippen molar-refractivity contribution in [1.29, 1.82) is 0 Å². The highest BCUT2D eigenvalue weighted by atomic mass is 19.1. The lowest BCUT2D eigenvalue weighted by Gasteiger charge is -2.25. The van der Waals surface area contributed by atoms with Crippen molar-refractivity contribution in [3.05, 3.63) is 58.4 Å². The third kappa shape index (κ3) is 6.34. The molecule has 2 aromatic rings. The zero-order valence-electron chi connectivity index (χ0n) is 20.4. The molecule has 1 atom stereocenters. The highest BCUT2D eigenvalue weighted by molar-refractivity contribution is 5.76. The highest BCUT2D eigenvalue weighted by Crippen LogP contribution is 2.46. The largest absolute Gasteiger partial charge is 0.466 e. The molecule has 6 heteroatoms. The van der Waals surface area contributed by atoms with Crippen LogP contribution in [0, 0.1) is 19.7 Å². The van der Waals surface area contributed by atoms with Crippen LogP contribution < -0.4 is 5.32 Å². The molecule has 0 heterocycles. The lowest BCUT2D eigenvalue weighted by Crippen LogP contribution is -2.36. The molecule has 2 aromatic carbocycles. The smallest absolute Gasteiger partial charge is 0.408 e. The number of nitrogens with one attached hydrogen (secondary N) is 1. The number of ether oxygens (including phenoxy) is 2. The molecule has 33 heavy (non-hydrogen) atoms. The van der Waals surface area contributed by atoms with E-state index in [2.05, 4.69) is 30.4 Å². The first-order chi connectivity index (χ1) is 15.5. The van der Waals surface area contributed by atoms with Gasteiger partial charge in [-0.1, -0.05) is 18.2 Å². The van der Waals surface area contributed by atoms with E-state index in [1.807, 2.05) is 6.07 Å². The second kappa shape index (κ2) is 9.94. The molecule has 0 radical (unpaired) electrons. The Hall–Kier alpha value is -2.89. The zero-order valence-corrected chi connectivity index (χ0v) is 20.4. The van der Waals surface area contributed by atoms with Gasteiger partial charge in [0.2, 0.25) is 0 Å². The second-order valence-corrected chi connectivity index (χ2v) is 9.72. The van der Waals surface area contributed by atoms with Gasteiger partial charge in [-0.3, -0.25) is 4.79 Å². The lowest BCUT2D eigenvalue weighted by molar-refractivity contribution is -0.143. The molecule has 1 saturated carbocycles. The molecule has 0 aliphatic heterocycles. The Bertz CT molecular complexity index is 1040. The van der Waals surface area contributed by atoms with Crippen LogP contribution in [0.3, 0.4) is 0 Å². The fourth-order valence-corrected chi connectivity index (χ4v) is 4.09. The summed E-state index contributed by atoms with van der Waals surface area (Å²) in [5, 5.41) is 2.69. The minimum Gasteiger partial charge on any atom is -0.466 e. The molecule has 1 unspecified atom stereocenters. The molecule has 1 aliphatic carbocycles. The Morgan fingerprint density at radius 1 is 1.15 bits per heavy atom. The Morgan fingerprint density at radius 3 is 2.45 bits per heavy atom. The number of halogens is 1. The van der Waals surface area contributed by atoms with Gasteiger partial charge < -0.3 is 14.8 Å². The van der Waals surface area contributed by atoms with Crippen LogP contribution in [-0.2, 0) is 14.3 Å². The number of hydrogen-bond donors (Lipinski definition) is 1. The van der Waals surface area contributed by atoms with Crippen LogP contribution in [0.25, 0.3) is 11.1 Å². The minimum absolute atomic E-state index is 0.198. The van der Waals surface area contributed by atoms with Crippen LogP contribution in [0.15, 0.2) is 30.3 Å². The fourth-order valence-electron chi connectivity index (χ4n) is 4.09. The number of hydrogen-bond acceptors (Lipinski definition) is 4. The van der Waals surface area contributed by atoms with Crippen molar-refractivity contribution in [2.75, 3.05) is 6.61 Å². The quantitative estimate of drug-likeness (QED) is 0.484. The lowest BCUT2D eigenvalue weighted by atomic mass is 9.89. The molecule has 1 aliphatic rings. The van der Waals surface area contributed by atoms with Gasteiger partial charge in [0, 0.05) is 5.56 Å². The standard InChI is InChI=1S/C27H34FNO4/c1-7-32-23(30)15-22(29-26(31)33-27(4,5)6)21-14-19(13-17(3)25(21)28)24-16(2)9-8-10-20(24)18-11-12-18/h8-10,13-14,18,22H,7,11-12,15H2,1-6H3,(H,29,31). The van der Waals surface area contributed by atoms with Gasteiger partial charge in [-0.05, 0) is 100 Å². The molecule has 0 bridgehead atoms. The molecular formula is C27H34FNO4. The molecule has 1 N–H and O–H groups in total. The van der Waals surface area contributed by atoms with Crippen molar-refractivity contribution in [3.63, 3.8) is 0 Å². The maximum absolute atomic E-state index is 15.4. The van der Waals surface area contributed by atoms with Gasteiger partial charge in [0.25, 0.3) is 0 Å². The third-order valence-electron chi connectivity index (χ3n) is 5.64. The Kier molecular flexibility index (Phi) is 7.45. The van der Waals surface area contributed by atoms with Crippen LogP contribution in [0.5, 0.6) is 0 Å². The van der Waals surface area contributed by atoms with Crippen molar-refractivity contribution in [2.45, 2.75) is 78.4 Å². The fraction of sp³-hybridized carbons (Fsp3) is 0.481. The van der Waals surface area contributed by atoms with Crippen LogP contribution in [0.2, 0.25) is 0 Å². The van der Waals surface area contributed by atoms with E-state index < -0.39 is 29.5 Å². The first kappa shape index (κ1) is 24.7. The van der Waals surface area contributed by atoms with E-state index in [0.29, 0.717) is 11.5 Å². The summed E-state index contributed by atoms with van der Waals surface area (Å²) in [5.41, 5.74) is 4.31. The predicted molar refractivity (Wildman–Crippen MR) is 127 cm³/mol.